The molecule has 7 heteroatoms. The first kappa shape index (κ1) is 15.5. The van der Waals surface area contributed by atoms with Crippen LogP contribution in [0.3, 0.4) is 0 Å². The first-order valence-corrected chi connectivity index (χ1v) is 8.44. The minimum atomic E-state index is -3.79. The topological polar surface area (TPSA) is 72.2 Å². The Kier molecular flexibility index (Phi) is 4.56. The smallest absolute Gasteiger partial charge is 0.242 e. The van der Waals surface area contributed by atoms with Gasteiger partial charge in [0.1, 0.15) is 10.7 Å². The highest BCUT2D eigenvalue weighted by molar-refractivity contribution is 7.89. The van der Waals surface area contributed by atoms with Crippen LogP contribution in [0, 0.1) is 11.7 Å². The highest BCUT2D eigenvalue weighted by atomic mass is 35.5. The van der Waals surface area contributed by atoms with Crippen LogP contribution in [0.2, 0.25) is 5.02 Å². The van der Waals surface area contributed by atoms with Gasteiger partial charge in [0.15, 0.2) is 0 Å². The fourth-order valence-corrected chi connectivity index (χ4v) is 4.43. The first-order valence-electron chi connectivity index (χ1n) is 6.58. The molecule has 2 unspecified atom stereocenters. The van der Waals surface area contributed by atoms with Crippen LogP contribution in [-0.4, -0.2) is 14.5 Å². The normalized spacial score (nSPS) is 23.8. The number of nitrogen functional groups attached to an aromatic ring is 1. The van der Waals surface area contributed by atoms with Crippen molar-refractivity contribution in [2.75, 3.05) is 5.73 Å². The molecule has 20 heavy (non-hydrogen) atoms. The molecule has 0 heterocycles. The number of rotatable bonds is 3. The number of sulfonamides is 1. The zero-order chi connectivity index (χ0) is 14.9. The lowest BCUT2D eigenvalue weighted by Gasteiger charge is -2.29. The molecular weight excluding hydrogens is 303 g/mol. The Bertz CT molecular complexity index is 607. The van der Waals surface area contributed by atoms with Crippen molar-refractivity contribution >= 4 is 27.3 Å². The van der Waals surface area contributed by atoms with E-state index >= 15 is 0 Å². The summed E-state index contributed by atoms with van der Waals surface area (Å²) in [6, 6.07) is 1.87. The van der Waals surface area contributed by atoms with Crippen LogP contribution in [0.1, 0.15) is 32.6 Å². The average molecular weight is 321 g/mol. The van der Waals surface area contributed by atoms with Gasteiger partial charge < -0.3 is 5.73 Å². The van der Waals surface area contributed by atoms with Gasteiger partial charge in [0.2, 0.25) is 10.0 Å². The minimum absolute atomic E-state index is 0.115. The largest absolute Gasteiger partial charge is 0.396 e. The third-order valence-corrected chi connectivity index (χ3v) is 5.71. The molecule has 1 aromatic carbocycles. The van der Waals surface area contributed by atoms with Gasteiger partial charge in [-0.2, -0.15) is 0 Å². The van der Waals surface area contributed by atoms with Crippen LogP contribution in [0.25, 0.3) is 0 Å². The molecule has 2 atom stereocenters. The van der Waals surface area contributed by atoms with Gasteiger partial charge >= 0.3 is 0 Å². The third kappa shape index (κ3) is 3.24. The molecule has 0 amide bonds. The van der Waals surface area contributed by atoms with Crippen LogP contribution in [-0.2, 0) is 10.0 Å². The summed E-state index contributed by atoms with van der Waals surface area (Å²) in [4.78, 5) is -0.171. The lowest BCUT2D eigenvalue weighted by molar-refractivity contribution is 0.310. The number of nitrogens with two attached hydrogens (primary N) is 1. The van der Waals surface area contributed by atoms with Crippen LogP contribution < -0.4 is 10.5 Å². The number of nitrogens with one attached hydrogen (secondary N) is 1. The number of hydrogen-bond donors (Lipinski definition) is 2. The molecule has 0 bridgehead atoms. The van der Waals surface area contributed by atoms with Crippen LogP contribution in [0.4, 0.5) is 10.1 Å². The van der Waals surface area contributed by atoms with E-state index in [2.05, 4.69) is 4.72 Å². The van der Waals surface area contributed by atoms with Crippen LogP contribution >= 0.6 is 11.6 Å². The van der Waals surface area contributed by atoms with Gasteiger partial charge in [-0.25, -0.2) is 17.5 Å². The van der Waals surface area contributed by atoms with E-state index in [1.54, 1.807) is 0 Å². The molecule has 1 saturated carbocycles. The molecule has 1 aromatic rings. The van der Waals surface area contributed by atoms with E-state index in [9.17, 15) is 12.8 Å². The van der Waals surface area contributed by atoms with Gasteiger partial charge in [0, 0.05) is 6.04 Å². The maximum Gasteiger partial charge on any atom is 0.242 e. The van der Waals surface area contributed by atoms with Crippen molar-refractivity contribution in [2.24, 2.45) is 5.92 Å². The fourth-order valence-electron chi connectivity index (χ4n) is 2.50. The Morgan fingerprint density at radius 1 is 1.35 bits per heavy atom. The summed E-state index contributed by atoms with van der Waals surface area (Å²) in [5.74, 6) is -0.449. The second-order valence-electron chi connectivity index (χ2n) is 5.29. The van der Waals surface area contributed by atoms with E-state index in [-0.39, 0.29) is 27.6 Å². The Balaban J connectivity index is 2.28. The minimum Gasteiger partial charge on any atom is -0.396 e. The van der Waals surface area contributed by atoms with Gasteiger partial charge in [0.05, 0.1) is 10.7 Å². The highest BCUT2D eigenvalue weighted by Crippen LogP contribution is 2.29. The van der Waals surface area contributed by atoms with E-state index in [0.717, 1.165) is 37.8 Å². The molecule has 1 aliphatic carbocycles. The summed E-state index contributed by atoms with van der Waals surface area (Å²) in [6.07, 6.45) is 3.90. The van der Waals surface area contributed by atoms with Crippen molar-refractivity contribution in [3.05, 3.63) is 23.0 Å². The lowest BCUT2D eigenvalue weighted by Crippen LogP contribution is -2.41. The maximum absolute atomic E-state index is 13.2. The Morgan fingerprint density at radius 2 is 2.00 bits per heavy atom. The molecule has 4 nitrogen and oxygen atoms in total. The van der Waals surface area contributed by atoms with Crippen molar-refractivity contribution in [3.63, 3.8) is 0 Å². The number of hydrogen-bond acceptors (Lipinski definition) is 3. The summed E-state index contributed by atoms with van der Waals surface area (Å²) < 4.78 is 40.6. The number of halogens is 2. The van der Waals surface area contributed by atoms with E-state index < -0.39 is 15.8 Å². The second-order valence-corrected chi connectivity index (χ2v) is 7.38. The molecule has 0 radical (unpaired) electrons. The Hall–Kier alpha value is -0.850. The molecule has 2 rings (SSSR count). The van der Waals surface area contributed by atoms with E-state index in [1.807, 2.05) is 6.92 Å². The molecule has 0 saturated heterocycles. The van der Waals surface area contributed by atoms with Gasteiger partial charge in [-0.05, 0) is 30.9 Å². The van der Waals surface area contributed by atoms with Crippen molar-refractivity contribution in [3.8, 4) is 0 Å². The summed E-state index contributed by atoms with van der Waals surface area (Å²) in [6.45, 7) is 2.02. The first-order chi connectivity index (χ1) is 9.31. The van der Waals surface area contributed by atoms with Gasteiger partial charge in [-0.1, -0.05) is 31.4 Å². The van der Waals surface area contributed by atoms with Crippen molar-refractivity contribution in [1.82, 2.24) is 4.72 Å². The fraction of sp³-hybridized carbons (Fsp3) is 0.538. The number of benzene rings is 1. The Morgan fingerprint density at radius 3 is 2.65 bits per heavy atom. The van der Waals surface area contributed by atoms with E-state index in [1.165, 1.54) is 0 Å². The van der Waals surface area contributed by atoms with Crippen molar-refractivity contribution in [2.45, 2.75) is 43.5 Å². The second kappa shape index (κ2) is 5.87. The van der Waals surface area contributed by atoms with Gasteiger partial charge in [-0.15, -0.1) is 0 Å². The predicted molar refractivity (Wildman–Crippen MR) is 77.6 cm³/mol. The maximum atomic E-state index is 13.2. The molecular formula is C13H18ClFN2O2S. The van der Waals surface area contributed by atoms with Crippen molar-refractivity contribution < 1.29 is 12.8 Å². The predicted octanol–water partition coefficient (Wildman–Crippen LogP) is 2.92. The summed E-state index contributed by atoms with van der Waals surface area (Å²) >= 11 is 5.83. The molecule has 0 aromatic heterocycles. The quantitative estimate of drug-likeness (QED) is 0.841. The highest BCUT2D eigenvalue weighted by Gasteiger charge is 2.28. The third-order valence-electron chi connectivity index (χ3n) is 3.76. The molecule has 3 N–H and O–H groups in total. The zero-order valence-electron chi connectivity index (χ0n) is 11.2. The van der Waals surface area contributed by atoms with Gasteiger partial charge in [-0.3, -0.25) is 0 Å². The number of anilines is 1. The summed E-state index contributed by atoms with van der Waals surface area (Å²) in [7, 11) is -3.79. The summed E-state index contributed by atoms with van der Waals surface area (Å²) in [5, 5.41) is -0.160. The molecule has 1 fully saturated rings. The van der Waals surface area contributed by atoms with Gasteiger partial charge in [0.25, 0.3) is 0 Å². The standard InChI is InChI=1S/C13H18ClFN2O2S/c1-8-4-2-3-5-12(8)17-20(18,19)13-7-11(16)10(15)6-9(13)14/h6-8,12,17H,2-5,16H2,1H3. The lowest BCUT2D eigenvalue weighted by atomic mass is 9.87. The molecule has 0 spiro atoms. The summed E-state index contributed by atoms with van der Waals surface area (Å²) in [5.41, 5.74) is 5.19. The average Bonchev–Trinajstić information content (AvgIpc) is 2.36. The monoisotopic (exact) mass is 320 g/mol. The van der Waals surface area contributed by atoms with E-state index in [4.69, 9.17) is 17.3 Å². The zero-order valence-corrected chi connectivity index (χ0v) is 12.8. The van der Waals surface area contributed by atoms with Crippen LogP contribution in [0.15, 0.2) is 17.0 Å². The molecule has 0 aliphatic heterocycles. The Labute approximate surface area is 123 Å². The molecule has 112 valence electrons. The van der Waals surface area contributed by atoms with Crippen molar-refractivity contribution in [1.29, 1.82) is 0 Å². The SMILES string of the molecule is CC1CCCCC1NS(=O)(=O)c1cc(N)c(F)cc1Cl. The molecule has 1 aliphatic rings. The van der Waals surface area contributed by atoms with E-state index in [0.29, 0.717) is 0 Å². The van der Waals surface area contributed by atoms with Crippen LogP contribution in [0.5, 0.6) is 0 Å².